The van der Waals surface area contributed by atoms with Crippen LogP contribution >= 0.6 is 0 Å². The van der Waals surface area contributed by atoms with Crippen molar-refractivity contribution in [2.24, 2.45) is 0 Å². The van der Waals surface area contributed by atoms with Crippen molar-refractivity contribution in [2.75, 3.05) is 6.26 Å². The number of carbonyl (C=O) groups is 1. The number of furan rings is 1. The molecule has 1 amide bonds. The molecule has 2 aromatic rings. The van der Waals surface area contributed by atoms with Gasteiger partial charge in [-0.15, -0.1) is 0 Å². The highest BCUT2D eigenvalue weighted by Crippen LogP contribution is 2.12. The molecule has 1 unspecified atom stereocenters. The molecule has 0 fully saturated rings. The molecule has 1 aromatic heterocycles. The summed E-state index contributed by atoms with van der Waals surface area (Å²) in [7, 11) is -3.32. The van der Waals surface area contributed by atoms with Crippen LogP contribution in [0.4, 0.5) is 0 Å². The lowest BCUT2D eigenvalue weighted by Crippen LogP contribution is -2.32. The largest absolute Gasteiger partial charge is 0.469 e. The second-order valence-corrected chi connectivity index (χ2v) is 7.31. The topological polar surface area (TPSA) is 76.4 Å². The quantitative estimate of drug-likeness (QED) is 0.886. The Hall–Kier alpha value is -2.08. The van der Waals surface area contributed by atoms with Crippen molar-refractivity contribution >= 4 is 15.7 Å². The second-order valence-electron chi connectivity index (χ2n) is 5.29. The molecule has 1 N–H and O–H groups in total. The highest BCUT2D eigenvalue weighted by molar-refractivity contribution is 7.90. The lowest BCUT2D eigenvalue weighted by Gasteiger charge is -2.13. The van der Waals surface area contributed by atoms with Gasteiger partial charge in [0.1, 0.15) is 5.76 Å². The first-order valence-electron chi connectivity index (χ1n) is 6.99. The molecule has 1 atom stereocenters. The molecule has 22 heavy (non-hydrogen) atoms. The van der Waals surface area contributed by atoms with Crippen molar-refractivity contribution in [1.82, 2.24) is 5.32 Å². The van der Waals surface area contributed by atoms with Crippen LogP contribution in [0.25, 0.3) is 0 Å². The minimum Gasteiger partial charge on any atom is -0.469 e. The third kappa shape index (κ3) is 4.46. The summed E-state index contributed by atoms with van der Waals surface area (Å²) in [6.07, 6.45) is 4.22. The fourth-order valence-electron chi connectivity index (χ4n) is 2.06. The number of sulfone groups is 1. The number of benzene rings is 1. The number of carbonyl (C=O) groups excluding carboxylic acids is 1. The molecule has 0 aliphatic heterocycles. The van der Waals surface area contributed by atoms with E-state index in [2.05, 4.69) is 5.32 Å². The number of hydrogen-bond donors (Lipinski definition) is 1. The third-order valence-corrected chi connectivity index (χ3v) is 4.42. The average molecular weight is 321 g/mol. The van der Waals surface area contributed by atoms with Crippen molar-refractivity contribution in [3.05, 3.63) is 54.0 Å². The predicted octanol–water partition coefficient (Wildman–Crippen LogP) is 2.43. The average Bonchev–Trinajstić information content (AvgIpc) is 2.97. The van der Waals surface area contributed by atoms with E-state index in [0.717, 1.165) is 24.9 Å². The van der Waals surface area contributed by atoms with Gasteiger partial charge in [0.15, 0.2) is 9.84 Å². The van der Waals surface area contributed by atoms with E-state index < -0.39 is 9.84 Å². The number of hydrogen-bond acceptors (Lipinski definition) is 4. The van der Waals surface area contributed by atoms with Crippen molar-refractivity contribution in [3.8, 4) is 0 Å². The first-order valence-corrected chi connectivity index (χ1v) is 8.89. The van der Waals surface area contributed by atoms with Gasteiger partial charge in [-0.2, -0.15) is 0 Å². The van der Waals surface area contributed by atoms with Gasteiger partial charge in [0.2, 0.25) is 0 Å². The van der Waals surface area contributed by atoms with Crippen LogP contribution in [0, 0.1) is 0 Å². The molecule has 0 saturated heterocycles. The Morgan fingerprint density at radius 1 is 1.27 bits per heavy atom. The van der Waals surface area contributed by atoms with Crippen LogP contribution in [0.15, 0.2) is 52.0 Å². The van der Waals surface area contributed by atoms with Crippen LogP contribution in [-0.2, 0) is 16.3 Å². The Balaban J connectivity index is 1.97. The minimum absolute atomic E-state index is 0.0421. The lowest BCUT2D eigenvalue weighted by molar-refractivity contribution is 0.0938. The maximum Gasteiger partial charge on any atom is 0.251 e. The fraction of sp³-hybridized carbons (Fsp3) is 0.312. The summed E-state index contributed by atoms with van der Waals surface area (Å²) in [5.41, 5.74) is 0.341. The van der Waals surface area contributed by atoms with E-state index in [1.807, 2.05) is 19.1 Å². The van der Waals surface area contributed by atoms with Crippen LogP contribution < -0.4 is 5.32 Å². The molecule has 6 heteroatoms. The Labute approximate surface area is 130 Å². The predicted molar refractivity (Wildman–Crippen MR) is 83.5 cm³/mol. The highest BCUT2D eigenvalue weighted by Gasteiger charge is 2.13. The number of nitrogens with one attached hydrogen (secondary N) is 1. The first kappa shape index (κ1) is 16.3. The van der Waals surface area contributed by atoms with Gasteiger partial charge in [-0.3, -0.25) is 4.79 Å². The molecule has 0 saturated carbocycles. The van der Waals surface area contributed by atoms with E-state index in [-0.39, 0.29) is 16.8 Å². The molecule has 5 nitrogen and oxygen atoms in total. The zero-order chi connectivity index (χ0) is 16.2. The van der Waals surface area contributed by atoms with Gasteiger partial charge in [-0.1, -0.05) is 6.07 Å². The first-order chi connectivity index (χ1) is 10.4. The van der Waals surface area contributed by atoms with E-state index in [4.69, 9.17) is 4.42 Å². The molecule has 0 bridgehead atoms. The maximum absolute atomic E-state index is 12.2. The van der Waals surface area contributed by atoms with Crippen molar-refractivity contribution < 1.29 is 17.6 Å². The molecular formula is C16H19NO4S. The zero-order valence-electron chi connectivity index (χ0n) is 12.6. The molecular weight excluding hydrogens is 302 g/mol. The summed E-state index contributed by atoms with van der Waals surface area (Å²) in [4.78, 5) is 12.3. The highest BCUT2D eigenvalue weighted by atomic mass is 32.2. The minimum atomic E-state index is -3.32. The normalized spacial score (nSPS) is 12.8. The van der Waals surface area contributed by atoms with E-state index in [1.54, 1.807) is 18.4 Å². The summed E-state index contributed by atoms with van der Waals surface area (Å²) in [5, 5.41) is 2.86. The standard InChI is InChI=1S/C16H19NO4S/c1-12(8-9-14-6-4-10-21-14)17-16(18)13-5-3-7-15(11-13)22(2,19)20/h3-7,10-12H,8-9H2,1-2H3,(H,17,18). The molecule has 1 aromatic carbocycles. The third-order valence-electron chi connectivity index (χ3n) is 3.31. The molecule has 0 spiro atoms. The van der Waals surface area contributed by atoms with Crippen LogP contribution in [0.1, 0.15) is 29.5 Å². The lowest BCUT2D eigenvalue weighted by atomic mass is 10.1. The van der Waals surface area contributed by atoms with Gasteiger partial charge in [-0.05, 0) is 43.7 Å². The number of amides is 1. The van der Waals surface area contributed by atoms with Crippen molar-refractivity contribution in [2.45, 2.75) is 30.7 Å². The van der Waals surface area contributed by atoms with Crippen LogP contribution in [0.3, 0.4) is 0 Å². The van der Waals surface area contributed by atoms with Crippen molar-refractivity contribution in [3.63, 3.8) is 0 Å². The summed E-state index contributed by atoms with van der Waals surface area (Å²) < 4.78 is 28.3. The van der Waals surface area contributed by atoms with E-state index >= 15 is 0 Å². The SMILES string of the molecule is CC(CCc1ccco1)NC(=O)c1cccc(S(C)(=O)=O)c1. The van der Waals surface area contributed by atoms with Crippen molar-refractivity contribution in [1.29, 1.82) is 0 Å². The number of aryl methyl sites for hydroxylation is 1. The second kappa shape index (κ2) is 6.79. The Morgan fingerprint density at radius 3 is 2.68 bits per heavy atom. The Kier molecular flexibility index (Phi) is 5.03. The zero-order valence-corrected chi connectivity index (χ0v) is 13.4. The summed E-state index contributed by atoms with van der Waals surface area (Å²) in [6.45, 7) is 1.90. The van der Waals surface area contributed by atoms with E-state index in [1.165, 1.54) is 12.1 Å². The van der Waals surface area contributed by atoms with Gasteiger partial charge < -0.3 is 9.73 Å². The van der Waals surface area contributed by atoms with Gasteiger partial charge in [0.05, 0.1) is 11.2 Å². The Morgan fingerprint density at radius 2 is 2.05 bits per heavy atom. The fourth-order valence-corrected chi connectivity index (χ4v) is 2.73. The van der Waals surface area contributed by atoms with Gasteiger partial charge >= 0.3 is 0 Å². The Bertz CT molecular complexity index is 735. The number of rotatable bonds is 6. The van der Waals surface area contributed by atoms with E-state index in [9.17, 15) is 13.2 Å². The molecule has 2 rings (SSSR count). The van der Waals surface area contributed by atoms with Crippen LogP contribution in [0.2, 0.25) is 0 Å². The summed E-state index contributed by atoms with van der Waals surface area (Å²) >= 11 is 0. The molecule has 1 heterocycles. The van der Waals surface area contributed by atoms with Crippen LogP contribution in [-0.4, -0.2) is 26.6 Å². The molecule has 118 valence electrons. The summed E-state index contributed by atoms with van der Waals surface area (Å²) in [5.74, 6) is 0.595. The molecule has 0 aliphatic carbocycles. The van der Waals surface area contributed by atoms with Gasteiger partial charge in [0.25, 0.3) is 5.91 Å². The molecule has 0 radical (unpaired) electrons. The monoisotopic (exact) mass is 321 g/mol. The smallest absolute Gasteiger partial charge is 0.251 e. The van der Waals surface area contributed by atoms with Gasteiger partial charge in [0, 0.05) is 24.3 Å². The van der Waals surface area contributed by atoms with E-state index in [0.29, 0.717) is 5.56 Å². The summed E-state index contributed by atoms with van der Waals surface area (Å²) in [6, 6.07) is 9.72. The van der Waals surface area contributed by atoms with Gasteiger partial charge in [-0.25, -0.2) is 8.42 Å². The maximum atomic E-state index is 12.2. The van der Waals surface area contributed by atoms with Crippen LogP contribution in [0.5, 0.6) is 0 Å². The molecule has 0 aliphatic rings.